The highest BCUT2D eigenvalue weighted by Gasteiger charge is 2.26. The zero-order valence-electron chi connectivity index (χ0n) is 10.9. The average molecular weight is 233 g/mol. The second kappa shape index (κ2) is 5.50. The summed E-state index contributed by atoms with van der Waals surface area (Å²) in [6, 6.07) is 4.65. The zero-order valence-corrected chi connectivity index (χ0v) is 10.9. The Balaban J connectivity index is 2.14. The highest BCUT2D eigenvalue weighted by atomic mass is 15.2. The van der Waals surface area contributed by atoms with Gasteiger partial charge in [-0.05, 0) is 50.9 Å². The van der Waals surface area contributed by atoms with Crippen molar-refractivity contribution in [3.63, 3.8) is 0 Å². The van der Waals surface area contributed by atoms with Crippen molar-refractivity contribution < 1.29 is 0 Å². The van der Waals surface area contributed by atoms with Crippen molar-refractivity contribution in [2.75, 3.05) is 18.8 Å². The van der Waals surface area contributed by atoms with Gasteiger partial charge in [0.1, 0.15) is 5.82 Å². The summed E-state index contributed by atoms with van der Waals surface area (Å²) in [5.74, 6) is 0.629. The molecule has 0 radical (unpaired) electrons. The maximum Gasteiger partial charge on any atom is 0.123 e. The summed E-state index contributed by atoms with van der Waals surface area (Å²) in [7, 11) is 0. The lowest BCUT2D eigenvalue weighted by Gasteiger charge is -2.25. The first kappa shape index (κ1) is 12.4. The number of aryl methyl sites for hydroxylation is 1. The lowest BCUT2D eigenvalue weighted by atomic mass is 10.0. The van der Waals surface area contributed by atoms with Crippen molar-refractivity contribution in [2.24, 2.45) is 0 Å². The predicted molar refractivity (Wildman–Crippen MR) is 71.8 cm³/mol. The molecule has 0 saturated carbocycles. The zero-order chi connectivity index (χ0) is 12.3. The first-order chi connectivity index (χ1) is 8.22. The minimum absolute atomic E-state index is 0.564. The molecule has 3 nitrogen and oxygen atoms in total. The van der Waals surface area contributed by atoms with E-state index in [1.165, 1.54) is 44.3 Å². The maximum absolute atomic E-state index is 5.72. The predicted octanol–water partition coefficient (Wildman–Crippen LogP) is 2.91. The number of hydrogen-bond donors (Lipinski definition) is 1. The number of nitrogens with zero attached hydrogens (tertiary/aromatic N) is 2. The van der Waals surface area contributed by atoms with E-state index in [0.717, 1.165) is 5.69 Å². The molecule has 1 fully saturated rings. The Morgan fingerprint density at radius 2 is 2.29 bits per heavy atom. The van der Waals surface area contributed by atoms with Crippen molar-refractivity contribution in [2.45, 2.75) is 45.6 Å². The highest BCUT2D eigenvalue weighted by molar-refractivity contribution is 5.35. The number of anilines is 1. The van der Waals surface area contributed by atoms with E-state index in [4.69, 9.17) is 5.73 Å². The van der Waals surface area contributed by atoms with Gasteiger partial charge >= 0.3 is 0 Å². The van der Waals surface area contributed by atoms with Crippen LogP contribution in [-0.2, 0) is 0 Å². The number of hydrogen-bond acceptors (Lipinski definition) is 3. The Labute approximate surface area is 104 Å². The van der Waals surface area contributed by atoms with E-state index in [2.05, 4.69) is 29.8 Å². The van der Waals surface area contributed by atoms with Gasteiger partial charge in [-0.2, -0.15) is 0 Å². The lowest BCUT2D eigenvalue weighted by Crippen LogP contribution is -2.25. The summed E-state index contributed by atoms with van der Waals surface area (Å²) in [4.78, 5) is 6.98. The summed E-state index contributed by atoms with van der Waals surface area (Å²) < 4.78 is 0. The molecule has 1 saturated heterocycles. The van der Waals surface area contributed by atoms with Gasteiger partial charge in [0.05, 0.1) is 0 Å². The van der Waals surface area contributed by atoms with Crippen molar-refractivity contribution in [1.29, 1.82) is 0 Å². The Hall–Kier alpha value is -1.09. The third-order valence-electron chi connectivity index (χ3n) is 3.67. The molecular formula is C14H23N3. The molecule has 0 aliphatic carbocycles. The van der Waals surface area contributed by atoms with Crippen LogP contribution in [0.25, 0.3) is 0 Å². The van der Waals surface area contributed by atoms with Crippen LogP contribution >= 0.6 is 0 Å². The first-order valence-electron chi connectivity index (χ1n) is 6.69. The Morgan fingerprint density at radius 1 is 1.47 bits per heavy atom. The molecule has 17 heavy (non-hydrogen) atoms. The van der Waals surface area contributed by atoms with Crippen molar-refractivity contribution in [3.05, 3.63) is 23.4 Å². The van der Waals surface area contributed by atoms with Crippen LogP contribution in [0.2, 0.25) is 0 Å². The number of nitrogen functional groups attached to an aromatic ring is 1. The van der Waals surface area contributed by atoms with Crippen molar-refractivity contribution in [3.8, 4) is 0 Å². The van der Waals surface area contributed by atoms with Gasteiger partial charge in [0.25, 0.3) is 0 Å². The van der Waals surface area contributed by atoms with Crippen molar-refractivity contribution in [1.82, 2.24) is 9.88 Å². The van der Waals surface area contributed by atoms with Gasteiger partial charge in [-0.1, -0.05) is 19.4 Å². The normalized spacial score (nSPS) is 20.9. The van der Waals surface area contributed by atoms with Crippen LogP contribution in [0.5, 0.6) is 0 Å². The van der Waals surface area contributed by atoms with Gasteiger partial charge in [0, 0.05) is 11.7 Å². The molecule has 0 aromatic carbocycles. The minimum atomic E-state index is 0.564. The SMILES string of the molecule is CCCCN1CCC[C@@H]1c1ccc(N)nc1C. The van der Waals surface area contributed by atoms with Crippen LogP contribution in [0.3, 0.4) is 0 Å². The Kier molecular flexibility index (Phi) is 4.00. The summed E-state index contributed by atoms with van der Waals surface area (Å²) >= 11 is 0. The van der Waals surface area contributed by atoms with E-state index in [0.29, 0.717) is 11.9 Å². The molecule has 0 amide bonds. The maximum atomic E-state index is 5.72. The van der Waals surface area contributed by atoms with Crippen LogP contribution in [0.1, 0.15) is 49.9 Å². The second-order valence-corrected chi connectivity index (χ2v) is 4.96. The smallest absolute Gasteiger partial charge is 0.123 e. The molecule has 0 spiro atoms. The third kappa shape index (κ3) is 2.78. The molecule has 2 heterocycles. The van der Waals surface area contributed by atoms with E-state index >= 15 is 0 Å². The molecule has 0 unspecified atom stereocenters. The molecule has 1 aliphatic heterocycles. The van der Waals surface area contributed by atoms with Crippen LogP contribution in [0.4, 0.5) is 5.82 Å². The number of nitrogens with two attached hydrogens (primary N) is 1. The average Bonchev–Trinajstić information content (AvgIpc) is 2.74. The molecule has 2 rings (SSSR count). The summed E-state index contributed by atoms with van der Waals surface area (Å²) in [6.45, 7) is 6.77. The summed E-state index contributed by atoms with van der Waals surface area (Å²) in [5, 5.41) is 0. The van der Waals surface area contributed by atoms with Gasteiger partial charge in [-0.3, -0.25) is 4.90 Å². The topological polar surface area (TPSA) is 42.1 Å². The van der Waals surface area contributed by atoms with Gasteiger partial charge in [-0.25, -0.2) is 4.98 Å². The highest BCUT2D eigenvalue weighted by Crippen LogP contribution is 2.33. The van der Waals surface area contributed by atoms with E-state index in [-0.39, 0.29) is 0 Å². The second-order valence-electron chi connectivity index (χ2n) is 4.96. The van der Waals surface area contributed by atoms with Gasteiger partial charge in [0.2, 0.25) is 0 Å². The van der Waals surface area contributed by atoms with E-state index in [1.54, 1.807) is 0 Å². The number of likely N-dealkylation sites (tertiary alicyclic amines) is 1. The summed E-state index contributed by atoms with van der Waals surface area (Å²) in [5.41, 5.74) is 8.18. The molecule has 2 N–H and O–H groups in total. The number of aromatic nitrogens is 1. The fourth-order valence-electron chi connectivity index (χ4n) is 2.75. The quantitative estimate of drug-likeness (QED) is 0.869. The molecule has 94 valence electrons. The molecular weight excluding hydrogens is 210 g/mol. The number of rotatable bonds is 4. The van der Waals surface area contributed by atoms with Crippen LogP contribution in [0.15, 0.2) is 12.1 Å². The number of unbranched alkanes of at least 4 members (excludes halogenated alkanes) is 1. The molecule has 0 bridgehead atoms. The van der Waals surface area contributed by atoms with E-state index in [9.17, 15) is 0 Å². The van der Waals surface area contributed by atoms with Gasteiger partial charge < -0.3 is 5.73 Å². The first-order valence-corrected chi connectivity index (χ1v) is 6.69. The third-order valence-corrected chi connectivity index (χ3v) is 3.67. The molecule has 3 heteroatoms. The lowest BCUT2D eigenvalue weighted by molar-refractivity contribution is 0.252. The molecule has 1 aromatic rings. The van der Waals surface area contributed by atoms with Crippen LogP contribution in [0, 0.1) is 6.92 Å². The fourth-order valence-corrected chi connectivity index (χ4v) is 2.75. The van der Waals surface area contributed by atoms with Crippen LogP contribution in [-0.4, -0.2) is 23.0 Å². The van der Waals surface area contributed by atoms with Gasteiger partial charge in [-0.15, -0.1) is 0 Å². The minimum Gasteiger partial charge on any atom is -0.384 e. The standard InChI is InChI=1S/C14H23N3/c1-3-4-9-17-10-5-6-13(17)12-7-8-14(15)16-11(12)2/h7-8,13H,3-6,9-10H2,1-2H3,(H2,15,16)/t13-/m1/s1. The fraction of sp³-hybridized carbons (Fsp3) is 0.643. The van der Waals surface area contributed by atoms with E-state index in [1.807, 2.05) is 6.07 Å². The summed E-state index contributed by atoms with van der Waals surface area (Å²) in [6.07, 6.45) is 5.12. The largest absolute Gasteiger partial charge is 0.384 e. The van der Waals surface area contributed by atoms with Crippen molar-refractivity contribution >= 4 is 5.82 Å². The molecule has 1 aromatic heterocycles. The monoisotopic (exact) mass is 233 g/mol. The van der Waals surface area contributed by atoms with E-state index < -0.39 is 0 Å². The Bertz CT molecular complexity index is 376. The van der Waals surface area contributed by atoms with Gasteiger partial charge in [0.15, 0.2) is 0 Å². The Morgan fingerprint density at radius 3 is 3.00 bits per heavy atom. The van der Waals surface area contributed by atoms with Crippen LogP contribution < -0.4 is 5.73 Å². The molecule has 1 aliphatic rings. The number of pyridine rings is 1. The molecule has 1 atom stereocenters.